The number of nitrogens with one attached hydrogen (secondary N) is 2. The molecule has 2 aromatic heterocycles. The molecule has 0 atom stereocenters. The lowest BCUT2D eigenvalue weighted by Crippen LogP contribution is -2.33. The van der Waals surface area contributed by atoms with Gasteiger partial charge in [-0.15, -0.1) is 10.2 Å². The average Bonchev–Trinajstić information content (AvgIpc) is 3.19. The number of nitrogens with zero attached hydrogens (tertiary/aromatic N) is 5. The standard InChI is InChI=1S/C19H25N9O/c1-2-28-10-11-9-14(7-8-15(11)27-28)22-18-16(17(21)29)25-26-19(24-18)23-13-5-3-12(20)4-6-13/h7-10,12-13H,2-6,20H2,1H3,(H2,21,29)(H2,22,23,24,26)/t12-,13+/i1D3,2D2. The molecule has 1 amide bonds. The molecule has 1 aromatic carbocycles. The van der Waals surface area contributed by atoms with Gasteiger partial charge < -0.3 is 22.1 Å². The monoisotopic (exact) mass is 400 g/mol. The lowest BCUT2D eigenvalue weighted by Gasteiger charge is -2.26. The molecule has 1 fully saturated rings. The molecule has 0 spiro atoms. The number of primary amides is 1. The van der Waals surface area contributed by atoms with Crippen LogP contribution in [0, 0.1) is 0 Å². The highest BCUT2D eigenvalue weighted by molar-refractivity contribution is 5.96. The summed E-state index contributed by atoms with van der Waals surface area (Å²) in [6, 6.07) is 5.18. The van der Waals surface area contributed by atoms with E-state index in [-0.39, 0.29) is 29.5 Å². The number of carbonyl (C=O) groups excluding carboxylic acids is 1. The van der Waals surface area contributed by atoms with E-state index in [0.717, 1.165) is 30.4 Å². The molecule has 6 N–H and O–H groups in total. The molecule has 0 aliphatic heterocycles. The van der Waals surface area contributed by atoms with Crippen LogP contribution in [0.1, 0.15) is 49.9 Å². The van der Waals surface area contributed by atoms with Crippen molar-refractivity contribution < 1.29 is 11.6 Å². The molecule has 0 radical (unpaired) electrons. The maximum atomic E-state index is 11.9. The van der Waals surface area contributed by atoms with Crippen LogP contribution >= 0.6 is 0 Å². The maximum Gasteiger partial charge on any atom is 0.273 e. The second-order valence-corrected chi connectivity index (χ2v) is 7.04. The summed E-state index contributed by atoms with van der Waals surface area (Å²) >= 11 is 0. The van der Waals surface area contributed by atoms with Crippen molar-refractivity contribution in [3.8, 4) is 0 Å². The number of amides is 1. The van der Waals surface area contributed by atoms with Gasteiger partial charge in [0.05, 0.1) is 8.26 Å². The summed E-state index contributed by atoms with van der Waals surface area (Å²) in [4.78, 5) is 16.2. The van der Waals surface area contributed by atoms with E-state index in [1.54, 1.807) is 18.2 Å². The van der Waals surface area contributed by atoms with E-state index in [9.17, 15) is 4.79 Å². The van der Waals surface area contributed by atoms with Crippen LogP contribution in [0.2, 0.25) is 0 Å². The Morgan fingerprint density at radius 3 is 2.93 bits per heavy atom. The molecule has 1 saturated carbocycles. The van der Waals surface area contributed by atoms with E-state index in [4.69, 9.17) is 18.3 Å². The van der Waals surface area contributed by atoms with E-state index in [2.05, 4.69) is 30.9 Å². The number of nitrogens with two attached hydrogens (primary N) is 2. The van der Waals surface area contributed by atoms with Crippen molar-refractivity contribution in [2.24, 2.45) is 11.5 Å². The fourth-order valence-corrected chi connectivity index (χ4v) is 3.38. The fraction of sp³-hybridized carbons (Fsp3) is 0.421. The number of hydrogen-bond acceptors (Lipinski definition) is 8. The Bertz CT molecular complexity index is 1200. The highest BCUT2D eigenvalue weighted by atomic mass is 16.1. The molecule has 2 heterocycles. The van der Waals surface area contributed by atoms with Gasteiger partial charge in [0.15, 0.2) is 11.5 Å². The van der Waals surface area contributed by atoms with Gasteiger partial charge in [0.25, 0.3) is 5.91 Å². The van der Waals surface area contributed by atoms with Crippen molar-refractivity contribution in [1.29, 1.82) is 0 Å². The third kappa shape index (κ3) is 4.27. The van der Waals surface area contributed by atoms with Crippen molar-refractivity contribution in [3.05, 3.63) is 30.1 Å². The number of carbonyl (C=O) groups is 1. The molecule has 10 nitrogen and oxygen atoms in total. The summed E-state index contributed by atoms with van der Waals surface area (Å²) < 4.78 is 38.9. The predicted octanol–water partition coefficient (Wildman–Crippen LogP) is 1.77. The van der Waals surface area contributed by atoms with Gasteiger partial charge in [-0.2, -0.15) is 10.1 Å². The van der Waals surface area contributed by atoms with Crippen LogP contribution in [0.25, 0.3) is 10.9 Å². The Morgan fingerprint density at radius 2 is 2.17 bits per heavy atom. The van der Waals surface area contributed by atoms with Crippen LogP contribution < -0.4 is 22.1 Å². The quantitative estimate of drug-likeness (QED) is 0.489. The lowest BCUT2D eigenvalue weighted by atomic mass is 9.92. The Kier molecular flexibility index (Phi) is 3.81. The summed E-state index contributed by atoms with van der Waals surface area (Å²) in [5, 5.41) is 18.6. The smallest absolute Gasteiger partial charge is 0.273 e. The zero-order valence-corrected chi connectivity index (χ0v) is 15.6. The summed E-state index contributed by atoms with van der Waals surface area (Å²) in [6.07, 6.45) is 4.83. The first-order valence-corrected chi connectivity index (χ1v) is 9.27. The molecule has 3 aromatic rings. The Hall–Kier alpha value is -3.27. The molecule has 10 heteroatoms. The minimum atomic E-state index is -2.90. The highest BCUT2D eigenvalue weighted by Gasteiger charge is 2.21. The van der Waals surface area contributed by atoms with Crippen molar-refractivity contribution in [2.75, 3.05) is 10.6 Å². The van der Waals surface area contributed by atoms with Crippen LogP contribution in [0.3, 0.4) is 0 Å². The summed E-state index contributed by atoms with van der Waals surface area (Å²) in [6.45, 7) is -5.58. The maximum absolute atomic E-state index is 11.9. The van der Waals surface area contributed by atoms with Gasteiger partial charge in [-0.25, -0.2) is 0 Å². The number of hydrogen-bond donors (Lipinski definition) is 4. The molecule has 29 heavy (non-hydrogen) atoms. The van der Waals surface area contributed by atoms with E-state index in [1.807, 2.05) is 0 Å². The second-order valence-electron chi connectivity index (χ2n) is 7.04. The topological polar surface area (TPSA) is 150 Å². The highest BCUT2D eigenvalue weighted by Crippen LogP contribution is 2.24. The first-order chi connectivity index (χ1) is 15.9. The van der Waals surface area contributed by atoms with Gasteiger partial charge in [0, 0.05) is 40.0 Å². The molecule has 0 bridgehead atoms. The number of aryl methyl sites for hydroxylation is 1. The normalized spacial score (nSPS) is 22.7. The van der Waals surface area contributed by atoms with Crippen LogP contribution in [-0.2, 0) is 6.50 Å². The Balaban J connectivity index is 1.60. The predicted molar refractivity (Wildman–Crippen MR) is 111 cm³/mol. The third-order valence-corrected chi connectivity index (χ3v) is 4.91. The minimum Gasteiger partial charge on any atom is -0.364 e. The van der Waals surface area contributed by atoms with E-state index < -0.39 is 19.3 Å². The average molecular weight is 401 g/mol. The summed E-state index contributed by atoms with van der Waals surface area (Å²) in [5.74, 6) is -0.465. The van der Waals surface area contributed by atoms with Gasteiger partial charge in [0.2, 0.25) is 5.95 Å². The Labute approximate surface area is 175 Å². The van der Waals surface area contributed by atoms with Gasteiger partial charge >= 0.3 is 0 Å². The van der Waals surface area contributed by atoms with Crippen LogP contribution in [-0.4, -0.2) is 43.0 Å². The first kappa shape index (κ1) is 13.8. The van der Waals surface area contributed by atoms with Gasteiger partial charge in [0.1, 0.15) is 0 Å². The van der Waals surface area contributed by atoms with Crippen LogP contribution in [0.4, 0.5) is 17.5 Å². The zero-order chi connectivity index (χ0) is 24.7. The Morgan fingerprint density at radius 1 is 1.34 bits per heavy atom. The molecule has 1 aliphatic rings. The minimum absolute atomic E-state index is 0.0991. The van der Waals surface area contributed by atoms with Crippen LogP contribution in [0.15, 0.2) is 24.4 Å². The van der Waals surface area contributed by atoms with Gasteiger partial charge in [-0.05, 0) is 50.7 Å². The summed E-state index contributed by atoms with van der Waals surface area (Å²) in [5.41, 5.74) is 12.1. The number of fused-ring (bicyclic) bond motifs is 1. The summed E-state index contributed by atoms with van der Waals surface area (Å²) in [7, 11) is 0. The molecule has 152 valence electrons. The van der Waals surface area contributed by atoms with Gasteiger partial charge in [-0.3, -0.25) is 9.48 Å². The first-order valence-electron chi connectivity index (χ1n) is 11.8. The number of anilines is 3. The van der Waals surface area contributed by atoms with E-state index in [0.29, 0.717) is 16.6 Å². The molecule has 4 rings (SSSR count). The SMILES string of the molecule is [2H]C([2H])([2H])C([2H])([2H])n1cc2cc(Nc3nc(N[C@H]4CC[C@@H](N)CC4)nnc3C(N)=O)ccc2n1. The molecule has 0 unspecified atom stereocenters. The van der Waals surface area contributed by atoms with E-state index >= 15 is 0 Å². The van der Waals surface area contributed by atoms with E-state index in [1.165, 1.54) is 6.20 Å². The van der Waals surface area contributed by atoms with Crippen molar-refractivity contribution in [2.45, 2.75) is 51.1 Å². The fourth-order valence-electron chi connectivity index (χ4n) is 3.38. The molecule has 0 saturated heterocycles. The van der Waals surface area contributed by atoms with Crippen LogP contribution in [0.5, 0.6) is 0 Å². The van der Waals surface area contributed by atoms with Crippen molar-refractivity contribution in [3.63, 3.8) is 0 Å². The molecular formula is C19H25N9O. The molecule has 1 aliphatic carbocycles. The zero-order valence-electron chi connectivity index (χ0n) is 20.6. The number of aromatic nitrogens is 5. The largest absolute Gasteiger partial charge is 0.364 e. The molecular weight excluding hydrogens is 370 g/mol. The lowest BCUT2D eigenvalue weighted by molar-refractivity contribution is 0.0995. The second kappa shape index (κ2) is 8.00. The number of rotatable bonds is 6. The number of benzene rings is 1. The van der Waals surface area contributed by atoms with Crippen molar-refractivity contribution in [1.82, 2.24) is 25.0 Å². The third-order valence-electron chi connectivity index (χ3n) is 4.91. The van der Waals surface area contributed by atoms with Gasteiger partial charge in [-0.1, -0.05) is 0 Å². The van der Waals surface area contributed by atoms with Crippen molar-refractivity contribution >= 4 is 34.3 Å².